The standard InChI is InChI=1S/C10H14F6O3/c1-2-3-4-5-6-19-10(15,16)8(11,7(17)18)9(12,13)14/h2-6H2,1H3,(H,17,18). The van der Waals surface area contributed by atoms with Crippen molar-refractivity contribution in [3.8, 4) is 0 Å². The first-order valence-electron chi connectivity index (χ1n) is 5.51. The molecule has 3 nitrogen and oxygen atoms in total. The van der Waals surface area contributed by atoms with E-state index >= 15 is 0 Å². The van der Waals surface area contributed by atoms with Crippen LogP contribution in [0.4, 0.5) is 26.3 Å². The molecule has 0 bridgehead atoms. The average Bonchev–Trinajstić information content (AvgIpc) is 2.25. The van der Waals surface area contributed by atoms with Gasteiger partial charge in [0.1, 0.15) is 0 Å². The van der Waals surface area contributed by atoms with Gasteiger partial charge in [-0.25, -0.2) is 9.18 Å². The highest BCUT2D eigenvalue weighted by molar-refractivity contribution is 5.79. The van der Waals surface area contributed by atoms with Crippen LogP contribution in [-0.2, 0) is 9.53 Å². The molecule has 1 N–H and O–H groups in total. The fourth-order valence-corrected chi connectivity index (χ4v) is 1.24. The number of hydrogen-bond acceptors (Lipinski definition) is 2. The lowest BCUT2D eigenvalue weighted by Crippen LogP contribution is -2.61. The highest BCUT2D eigenvalue weighted by Crippen LogP contribution is 2.46. The predicted octanol–water partition coefficient (Wildman–Crippen LogP) is 3.53. The van der Waals surface area contributed by atoms with Crippen molar-refractivity contribution in [1.29, 1.82) is 0 Å². The molecule has 0 spiro atoms. The minimum Gasteiger partial charge on any atom is -0.478 e. The number of rotatable bonds is 8. The Balaban J connectivity index is 4.78. The Morgan fingerprint density at radius 2 is 1.58 bits per heavy atom. The van der Waals surface area contributed by atoms with E-state index in [0.29, 0.717) is 12.8 Å². The van der Waals surface area contributed by atoms with Crippen molar-refractivity contribution in [2.75, 3.05) is 6.61 Å². The smallest absolute Gasteiger partial charge is 0.442 e. The van der Waals surface area contributed by atoms with E-state index in [2.05, 4.69) is 4.74 Å². The molecule has 0 aliphatic carbocycles. The summed E-state index contributed by atoms with van der Waals surface area (Å²) in [6.45, 7) is 0.957. The van der Waals surface area contributed by atoms with E-state index in [1.807, 2.05) is 6.92 Å². The van der Waals surface area contributed by atoms with Gasteiger partial charge in [-0.1, -0.05) is 26.2 Å². The second kappa shape index (κ2) is 6.44. The SMILES string of the molecule is CCCCCCOC(F)(F)C(F)(C(=O)O)C(F)(F)F. The summed E-state index contributed by atoms with van der Waals surface area (Å²) in [4.78, 5) is 10.2. The van der Waals surface area contributed by atoms with Crippen LogP contribution in [0.1, 0.15) is 32.6 Å². The Morgan fingerprint density at radius 3 is 1.95 bits per heavy atom. The van der Waals surface area contributed by atoms with E-state index in [0.717, 1.165) is 6.42 Å². The number of carboxylic acids is 1. The van der Waals surface area contributed by atoms with Crippen molar-refractivity contribution >= 4 is 5.97 Å². The van der Waals surface area contributed by atoms with E-state index in [4.69, 9.17) is 5.11 Å². The van der Waals surface area contributed by atoms with Crippen LogP contribution in [0, 0.1) is 0 Å². The van der Waals surface area contributed by atoms with Gasteiger partial charge in [-0.3, -0.25) is 0 Å². The molecule has 19 heavy (non-hydrogen) atoms. The van der Waals surface area contributed by atoms with Gasteiger partial charge in [-0.15, -0.1) is 0 Å². The molecule has 0 saturated carbocycles. The normalized spacial score (nSPS) is 16.2. The Morgan fingerprint density at radius 1 is 1.05 bits per heavy atom. The van der Waals surface area contributed by atoms with Crippen LogP contribution in [0.5, 0.6) is 0 Å². The third-order valence-corrected chi connectivity index (χ3v) is 2.37. The summed E-state index contributed by atoms with van der Waals surface area (Å²) in [5, 5.41) is 8.09. The molecule has 0 aromatic heterocycles. The summed E-state index contributed by atoms with van der Waals surface area (Å²) >= 11 is 0. The first-order chi connectivity index (χ1) is 8.50. The lowest BCUT2D eigenvalue weighted by Gasteiger charge is -2.30. The summed E-state index contributed by atoms with van der Waals surface area (Å²) in [6, 6.07) is 0. The third-order valence-electron chi connectivity index (χ3n) is 2.37. The van der Waals surface area contributed by atoms with E-state index in [9.17, 15) is 31.1 Å². The van der Waals surface area contributed by atoms with Crippen LogP contribution in [0.2, 0.25) is 0 Å². The fraction of sp³-hybridized carbons (Fsp3) is 0.900. The first-order valence-corrected chi connectivity index (χ1v) is 5.51. The number of aliphatic carboxylic acids is 1. The molecule has 0 rings (SSSR count). The number of carbonyl (C=O) groups is 1. The van der Waals surface area contributed by atoms with Gasteiger partial charge in [0.05, 0.1) is 6.61 Å². The molecule has 0 radical (unpaired) electrons. The minimum atomic E-state index is -6.29. The van der Waals surface area contributed by atoms with Crippen molar-refractivity contribution in [1.82, 2.24) is 0 Å². The van der Waals surface area contributed by atoms with Crippen molar-refractivity contribution in [2.24, 2.45) is 0 Å². The summed E-state index contributed by atoms with van der Waals surface area (Å²) in [7, 11) is 0. The molecule has 0 aliphatic heterocycles. The molecule has 0 fully saturated rings. The van der Waals surface area contributed by atoms with E-state index in [1.54, 1.807) is 0 Å². The van der Waals surface area contributed by atoms with Gasteiger partial charge in [0.2, 0.25) is 0 Å². The van der Waals surface area contributed by atoms with E-state index in [-0.39, 0.29) is 6.42 Å². The molecule has 0 aromatic rings. The predicted molar refractivity (Wildman–Crippen MR) is 52.6 cm³/mol. The quantitative estimate of drug-likeness (QED) is 0.550. The maximum atomic E-state index is 13.2. The number of halogens is 6. The van der Waals surface area contributed by atoms with E-state index < -0.39 is 30.5 Å². The number of carboxylic acid groups (broad SMARTS) is 1. The van der Waals surface area contributed by atoms with Gasteiger partial charge in [0, 0.05) is 0 Å². The minimum absolute atomic E-state index is 0.0169. The van der Waals surface area contributed by atoms with Gasteiger partial charge < -0.3 is 9.84 Å². The number of ether oxygens (including phenoxy) is 1. The van der Waals surface area contributed by atoms with Crippen LogP contribution < -0.4 is 0 Å². The zero-order chi connectivity index (χ0) is 15.3. The Kier molecular flexibility index (Phi) is 6.11. The number of hydrogen-bond donors (Lipinski definition) is 1. The van der Waals surface area contributed by atoms with Crippen LogP contribution in [-0.4, -0.2) is 35.6 Å². The van der Waals surface area contributed by atoms with Crippen LogP contribution in [0.15, 0.2) is 0 Å². The molecule has 1 unspecified atom stereocenters. The maximum absolute atomic E-state index is 13.2. The van der Waals surface area contributed by atoms with Gasteiger partial charge >= 0.3 is 23.9 Å². The van der Waals surface area contributed by atoms with Gasteiger partial charge in [0.15, 0.2) is 0 Å². The van der Waals surface area contributed by atoms with Crippen LogP contribution in [0.25, 0.3) is 0 Å². The lowest BCUT2D eigenvalue weighted by atomic mass is 10.1. The van der Waals surface area contributed by atoms with Crippen molar-refractivity contribution < 1.29 is 41.0 Å². The van der Waals surface area contributed by atoms with Crippen molar-refractivity contribution in [3.05, 3.63) is 0 Å². The summed E-state index contributed by atoms with van der Waals surface area (Å²) in [5.41, 5.74) is -5.76. The summed E-state index contributed by atoms with van der Waals surface area (Å²) in [6.07, 6.45) is -9.98. The molecule has 0 aliphatic rings. The Labute approximate surface area is 105 Å². The summed E-state index contributed by atoms with van der Waals surface area (Å²) < 4.78 is 79.2. The molecule has 114 valence electrons. The lowest BCUT2D eigenvalue weighted by molar-refractivity contribution is -0.371. The second-order valence-corrected chi connectivity index (χ2v) is 3.89. The highest BCUT2D eigenvalue weighted by Gasteiger charge is 2.78. The fourth-order valence-electron chi connectivity index (χ4n) is 1.24. The molecule has 0 aromatic carbocycles. The zero-order valence-electron chi connectivity index (χ0n) is 10.1. The largest absolute Gasteiger partial charge is 0.478 e. The van der Waals surface area contributed by atoms with Gasteiger partial charge in [0.25, 0.3) is 0 Å². The molecular formula is C10H14F6O3. The first kappa shape index (κ1) is 18.0. The molecule has 9 heteroatoms. The molecule has 0 saturated heterocycles. The van der Waals surface area contributed by atoms with Crippen molar-refractivity contribution in [3.63, 3.8) is 0 Å². The van der Waals surface area contributed by atoms with Crippen LogP contribution in [0.3, 0.4) is 0 Å². The molecular weight excluding hydrogens is 282 g/mol. The monoisotopic (exact) mass is 296 g/mol. The Bertz CT molecular complexity index is 304. The Hall–Kier alpha value is -0.990. The zero-order valence-corrected chi connectivity index (χ0v) is 10.1. The molecule has 0 heterocycles. The average molecular weight is 296 g/mol. The topological polar surface area (TPSA) is 46.5 Å². The summed E-state index contributed by atoms with van der Waals surface area (Å²) in [5.74, 6) is -3.33. The second-order valence-electron chi connectivity index (χ2n) is 3.89. The highest BCUT2D eigenvalue weighted by atomic mass is 19.4. The maximum Gasteiger partial charge on any atom is 0.442 e. The number of alkyl halides is 6. The van der Waals surface area contributed by atoms with Crippen molar-refractivity contribution in [2.45, 2.75) is 50.6 Å². The van der Waals surface area contributed by atoms with E-state index in [1.165, 1.54) is 0 Å². The number of unbranched alkanes of at least 4 members (excludes halogenated alkanes) is 3. The van der Waals surface area contributed by atoms with Crippen LogP contribution >= 0.6 is 0 Å². The molecule has 1 atom stereocenters. The molecule has 0 amide bonds. The van der Waals surface area contributed by atoms with Gasteiger partial charge in [-0.2, -0.15) is 22.0 Å². The third kappa shape index (κ3) is 3.99. The van der Waals surface area contributed by atoms with Gasteiger partial charge in [-0.05, 0) is 6.42 Å².